The smallest absolute Gasteiger partial charge is 0.252 e. The third kappa shape index (κ3) is 4.66. The van der Waals surface area contributed by atoms with Crippen LogP contribution in [0.4, 0.5) is 0 Å². The van der Waals surface area contributed by atoms with Crippen LogP contribution in [0.25, 0.3) is 16.6 Å². The van der Waals surface area contributed by atoms with Crippen molar-refractivity contribution >= 4 is 34.6 Å². The van der Waals surface area contributed by atoms with E-state index >= 15 is 0 Å². The molecule has 0 bridgehead atoms. The van der Waals surface area contributed by atoms with Crippen molar-refractivity contribution in [3.8, 4) is 0 Å². The molecule has 4 N–H and O–H groups in total. The van der Waals surface area contributed by atoms with Crippen molar-refractivity contribution in [2.75, 3.05) is 0 Å². The fourth-order valence-corrected chi connectivity index (χ4v) is 2.42. The lowest BCUT2D eigenvalue weighted by Crippen LogP contribution is -2.44. The number of aromatic nitrogens is 2. The average molecular weight is 353 g/mol. The molecule has 0 fully saturated rings. The zero-order valence-corrected chi connectivity index (χ0v) is 15.0. The molecule has 2 amide bonds. The molecule has 7 nitrogen and oxygen atoms in total. The maximum Gasteiger partial charge on any atom is 0.252 e. The number of amides is 2. The monoisotopic (exact) mass is 353 g/mol. The Morgan fingerprint density at radius 2 is 2.23 bits per heavy atom. The number of allylic oxidation sites excluding steroid dienone is 2. The van der Waals surface area contributed by atoms with Crippen LogP contribution >= 0.6 is 0 Å². The van der Waals surface area contributed by atoms with Gasteiger partial charge in [0, 0.05) is 23.6 Å². The van der Waals surface area contributed by atoms with Gasteiger partial charge in [0.2, 0.25) is 5.91 Å². The summed E-state index contributed by atoms with van der Waals surface area (Å²) in [5.74, 6) is -0.291. The van der Waals surface area contributed by atoms with Crippen molar-refractivity contribution in [1.29, 1.82) is 0 Å². The van der Waals surface area contributed by atoms with Crippen LogP contribution in [-0.2, 0) is 4.79 Å². The molecule has 0 spiro atoms. The fraction of sp³-hybridized carbons (Fsp3) is 0.263. The van der Waals surface area contributed by atoms with Gasteiger partial charge in [-0.3, -0.25) is 14.6 Å². The van der Waals surface area contributed by atoms with Gasteiger partial charge in [-0.05, 0) is 37.6 Å². The predicted molar refractivity (Wildman–Crippen MR) is 104 cm³/mol. The lowest BCUT2D eigenvalue weighted by Gasteiger charge is -2.14. The molecular weight excluding hydrogens is 330 g/mol. The molecule has 0 radical (unpaired) electrons. The van der Waals surface area contributed by atoms with Crippen LogP contribution in [0.1, 0.15) is 42.9 Å². The summed E-state index contributed by atoms with van der Waals surface area (Å²) in [6.45, 7) is 7.69. The van der Waals surface area contributed by atoms with Crippen LogP contribution < -0.4 is 11.1 Å². The first-order valence-corrected chi connectivity index (χ1v) is 8.39. The van der Waals surface area contributed by atoms with Crippen molar-refractivity contribution < 1.29 is 9.59 Å². The van der Waals surface area contributed by atoms with Gasteiger partial charge in [0.1, 0.15) is 11.9 Å². The van der Waals surface area contributed by atoms with Crippen molar-refractivity contribution in [1.82, 2.24) is 15.3 Å². The molecule has 136 valence electrons. The summed E-state index contributed by atoms with van der Waals surface area (Å²) in [4.78, 5) is 35.4. The van der Waals surface area contributed by atoms with Gasteiger partial charge in [-0.15, -0.1) is 0 Å². The minimum Gasteiger partial charge on any atom is -0.368 e. The van der Waals surface area contributed by atoms with Gasteiger partial charge in [0.25, 0.3) is 5.91 Å². The van der Waals surface area contributed by atoms with Crippen molar-refractivity contribution in [2.45, 2.75) is 32.7 Å². The van der Waals surface area contributed by atoms with Crippen molar-refractivity contribution in [3.63, 3.8) is 0 Å². The number of carbonyl (C=O) groups is 2. The molecule has 0 aliphatic carbocycles. The Morgan fingerprint density at radius 1 is 1.46 bits per heavy atom. The average Bonchev–Trinajstić information content (AvgIpc) is 3.04. The minimum atomic E-state index is -0.676. The third-order valence-electron chi connectivity index (χ3n) is 3.79. The molecule has 1 unspecified atom stereocenters. The summed E-state index contributed by atoms with van der Waals surface area (Å²) < 4.78 is 0. The van der Waals surface area contributed by atoms with E-state index in [0.717, 1.165) is 6.42 Å². The van der Waals surface area contributed by atoms with Crippen LogP contribution in [0.15, 0.2) is 42.0 Å². The summed E-state index contributed by atoms with van der Waals surface area (Å²) in [5, 5.41) is 2.67. The van der Waals surface area contributed by atoms with Crippen molar-refractivity contribution in [2.24, 2.45) is 10.7 Å². The Labute approximate surface area is 152 Å². The lowest BCUT2D eigenvalue weighted by molar-refractivity contribution is -0.120. The lowest BCUT2D eigenvalue weighted by atomic mass is 10.1. The number of benzene rings is 1. The van der Waals surface area contributed by atoms with Crippen LogP contribution in [-0.4, -0.2) is 34.0 Å². The maximum absolute atomic E-state index is 12.4. The number of primary amides is 1. The molecule has 1 aromatic heterocycles. The molecule has 0 saturated heterocycles. The van der Waals surface area contributed by atoms with Gasteiger partial charge in [0.05, 0.1) is 11.0 Å². The predicted octanol–water partition coefficient (Wildman–Crippen LogP) is 2.56. The number of nitrogens with one attached hydrogen (secondary N) is 2. The van der Waals surface area contributed by atoms with E-state index in [-0.39, 0.29) is 5.91 Å². The Hall–Kier alpha value is -3.22. The second-order valence-electron chi connectivity index (χ2n) is 5.78. The normalized spacial score (nSPS) is 12.7. The van der Waals surface area contributed by atoms with Gasteiger partial charge in [-0.2, -0.15) is 0 Å². The molecule has 1 atom stereocenters. The number of hydrogen-bond donors (Lipinski definition) is 3. The number of fused-ring (bicyclic) bond motifs is 1. The van der Waals surface area contributed by atoms with E-state index in [0.29, 0.717) is 34.4 Å². The highest BCUT2D eigenvalue weighted by molar-refractivity contribution is 5.99. The Bertz CT molecular complexity index is 879. The second kappa shape index (κ2) is 8.75. The number of nitrogens with zero attached hydrogens (tertiary/aromatic N) is 2. The van der Waals surface area contributed by atoms with Gasteiger partial charge in [-0.1, -0.05) is 19.9 Å². The van der Waals surface area contributed by atoms with E-state index in [4.69, 9.17) is 5.73 Å². The third-order valence-corrected chi connectivity index (χ3v) is 3.79. The van der Waals surface area contributed by atoms with E-state index in [9.17, 15) is 9.59 Å². The maximum atomic E-state index is 12.4. The fourth-order valence-electron chi connectivity index (χ4n) is 2.42. The van der Waals surface area contributed by atoms with Gasteiger partial charge in [-0.25, -0.2) is 4.98 Å². The Balaban J connectivity index is 2.21. The van der Waals surface area contributed by atoms with E-state index in [1.54, 1.807) is 36.7 Å². The first-order valence-electron chi connectivity index (χ1n) is 8.39. The van der Waals surface area contributed by atoms with E-state index in [1.807, 2.05) is 13.8 Å². The minimum absolute atomic E-state index is 0.351. The molecule has 1 heterocycles. The highest BCUT2D eigenvalue weighted by atomic mass is 16.2. The summed E-state index contributed by atoms with van der Waals surface area (Å²) >= 11 is 0. The number of hydrogen-bond acceptors (Lipinski definition) is 4. The number of carbonyl (C=O) groups excluding carboxylic acids is 2. The molecule has 0 saturated carbocycles. The summed E-state index contributed by atoms with van der Waals surface area (Å²) in [5.41, 5.74) is 7.84. The molecule has 0 aliphatic heterocycles. The largest absolute Gasteiger partial charge is 0.368 e. The number of aliphatic imine (C=N–C) groups is 1. The second-order valence-corrected chi connectivity index (χ2v) is 5.78. The molecule has 2 rings (SSSR count). The van der Waals surface area contributed by atoms with Crippen LogP contribution in [0.3, 0.4) is 0 Å². The van der Waals surface area contributed by atoms with E-state index < -0.39 is 11.9 Å². The molecule has 7 heteroatoms. The highest BCUT2D eigenvalue weighted by Gasteiger charge is 2.18. The van der Waals surface area contributed by atoms with Gasteiger partial charge in [0.15, 0.2) is 0 Å². The van der Waals surface area contributed by atoms with Crippen LogP contribution in [0, 0.1) is 0 Å². The zero-order valence-electron chi connectivity index (χ0n) is 15.0. The molecule has 1 aromatic carbocycles. The Kier molecular flexibility index (Phi) is 6.43. The standard InChI is InChI=1S/C19H23N5O2/c1-4-6-15(17(20)25)24-19(26)13-7-8-14-16(11-13)23-18(22-14)12(3)9-10-21-5-2/h5,7-11,15H,3-4,6H2,1-2H3,(H2,20,25)(H,22,23)(H,24,26)/b10-9-,21-5?. The topological polar surface area (TPSA) is 113 Å². The SMILES string of the molecule is C=C(/C=C\N=CC)c1nc2ccc(C(=O)NC(CCC)C(N)=O)cc2[nH]1. The molecular formula is C19H23N5O2. The summed E-state index contributed by atoms with van der Waals surface area (Å²) in [6, 6.07) is 4.41. The number of H-pyrrole nitrogens is 1. The van der Waals surface area contributed by atoms with Gasteiger partial charge < -0.3 is 16.0 Å². The first-order chi connectivity index (χ1) is 12.5. The molecule has 0 aliphatic rings. The number of imidazole rings is 1. The van der Waals surface area contributed by atoms with Crippen molar-refractivity contribution in [3.05, 3.63) is 48.4 Å². The van der Waals surface area contributed by atoms with Crippen LogP contribution in [0.5, 0.6) is 0 Å². The quantitative estimate of drug-likeness (QED) is 0.500. The molecule has 2 aromatic rings. The van der Waals surface area contributed by atoms with E-state index in [1.165, 1.54) is 0 Å². The first kappa shape index (κ1) is 19.1. The van der Waals surface area contributed by atoms with Gasteiger partial charge >= 0.3 is 0 Å². The van der Waals surface area contributed by atoms with Crippen LogP contribution in [0.2, 0.25) is 0 Å². The zero-order chi connectivity index (χ0) is 19.1. The molecule has 26 heavy (non-hydrogen) atoms. The Morgan fingerprint density at radius 3 is 2.88 bits per heavy atom. The number of aromatic amines is 1. The summed E-state index contributed by atoms with van der Waals surface area (Å²) in [6.07, 6.45) is 6.29. The van der Waals surface area contributed by atoms with E-state index in [2.05, 4.69) is 26.9 Å². The number of rotatable bonds is 8. The summed E-state index contributed by atoms with van der Waals surface area (Å²) in [7, 11) is 0. The number of nitrogens with two attached hydrogens (primary N) is 1. The highest BCUT2D eigenvalue weighted by Crippen LogP contribution is 2.18.